The van der Waals surface area contributed by atoms with Gasteiger partial charge in [-0.25, -0.2) is 14.3 Å². The summed E-state index contributed by atoms with van der Waals surface area (Å²) in [6.45, 7) is 0. The minimum Gasteiger partial charge on any atom is -0.308 e. The third-order valence-electron chi connectivity index (χ3n) is 4.94. The highest BCUT2D eigenvalue weighted by Crippen LogP contribution is 2.35. The highest BCUT2D eigenvalue weighted by molar-refractivity contribution is 6.02. The van der Waals surface area contributed by atoms with Crippen molar-refractivity contribution in [2.75, 3.05) is 10.6 Å². The third kappa shape index (κ3) is 5.42. The summed E-state index contributed by atoms with van der Waals surface area (Å²) in [7, 11) is 0. The van der Waals surface area contributed by atoms with Crippen molar-refractivity contribution in [2.24, 2.45) is 0 Å². The van der Waals surface area contributed by atoms with Crippen LogP contribution in [0.5, 0.6) is 0 Å². The average molecular weight is 510 g/mol. The van der Waals surface area contributed by atoms with Gasteiger partial charge in [0.2, 0.25) is 0 Å². The lowest BCUT2D eigenvalue weighted by atomic mass is 10.00. The fourth-order valence-electron chi connectivity index (χ4n) is 3.26. The Hall–Kier alpha value is -4.49. The van der Waals surface area contributed by atoms with Crippen LogP contribution in [0.2, 0.25) is 0 Å². The molecule has 1 aromatic heterocycles. The Kier molecular flexibility index (Phi) is 6.35. The lowest BCUT2D eigenvalue weighted by molar-refractivity contribution is -0.140. The Morgan fingerprint density at radius 3 is 2.11 bits per heavy atom. The highest BCUT2D eigenvalue weighted by Gasteiger charge is 2.34. The fourth-order valence-corrected chi connectivity index (χ4v) is 3.26. The molecule has 0 aliphatic rings. The summed E-state index contributed by atoms with van der Waals surface area (Å²) in [5.74, 6) is -1.40. The molecule has 4 aromatic rings. The van der Waals surface area contributed by atoms with E-state index in [1.807, 2.05) is 0 Å². The normalized spacial score (nSPS) is 11.9. The maximum Gasteiger partial charge on any atom is 0.419 e. The predicted molar refractivity (Wildman–Crippen MR) is 114 cm³/mol. The number of hydrogen-bond acceptors (Lipinski definition) is 4. The van der Waals surface area contributed by atoms with E-state index in [1.54, 1.807) is 0 Å². The molecule has 0 spiro atoms. The van der Waals surface area contributed by atoms with Crippen LogP contribution in [0.3, 0.4) is 0 Å². The molecular formula is C22H13F7N6O. The van der Waals surface area contributed by atoms with Gasteiger partial charge in [-0.3, -0.25) is 0 Å². The Morgan fingerprint density at radius 1 is 0.806 bits per heavy atom. The van der Waals surface area contributed by atoms with Crippen molar-refractivity contribution in [3.05, 3.63) is 77.6 Å². The number of benzene rings is 3. The monoisotopic (exact) mass is 510 g/mol. The van der Waals surface area contributed by atoms with Gasteiger partial charge >= 0.3 is 18.4 Å². The molecule has 0 unspecified atom stereocenters. The maximum atomic E-state index is 13.5. The molecule has 14 heteroatoms. The number of anilines is 2. The smallest absolute Gasteiger partial charge is 0.308 e. The molecular weight excluding hydrogens is 497 g/mol. The molecule has 1 heterocycles. The standard InChI is InChI=1S/C22H13F7N6O/c23-17-7-6-14(10-16(17)22(27,28)29)30-20(36)31-18-8-3-12(9-15(18)19-32-34-35-33-19)11-1-4-13(5-2-11)21(24,25)26/h1-10H,(H2,30,31,36)(H,32,33,34,35). The molecule has 0 radical (unpaired) electrons. The van der Waals surface area contributed by atoms with Crippen LogP contribution in [0.15, 0.2) is 60.7 Å². The zero-order valence-corrected chi connectivity index (χ0v) is 17.7. The molecule has 186 valence electrons. The number of urea groups is 1. The topological polar surface area (TPSA) is 95.6 Å². The summed E-state index contributed by atoms with van der Waals surface area (Å²) in [5.41, 5.74) is -1.42. The summed E-state index contributed by atoms with van der Waals surface area (Å²) in [5, 5.41) is 17.8. The number of nitrogens with one attached hydrogen (secondary N) is 3. The van der Waals surface area contributed by atoms with Crippen LogP contribution in [-0.4, -0.2) is 26.7 Å². The largest absolute Gasteiger partial charge is 0.419 e. The summed E-state index contributed by atoms with van der Waals surface area (Å²) in [6, 6.07) is 9.82. The lowest BCUT2D eigenvalue weighted by Gasteiger charge is -2.14. The molecule has 0 aliphatic heterocycles. The molecule has 7 nitrogen and oxygen atoms in total. The van der Waals surface area contributed by atoms with E-state index >= 15 is 0 Å². The summed E-state index contributed by atoms with van der Waals surface area (Å²) in [4.78, 5) is 12.5. The molecule has 0 saturated heterocycles. The Labute approximate surface area is 197 Å². The van der Waals surface area contributed by atoms with Gasteiger partial charge in [0.15, 0.2) is 5.82 Å². The fraction of sp³-hybridized carbons (Fsp3) is 0.0909. The minimum atomic E-state index is -4.96. The number of alkyl halides is 6. The van der Waals surface area contributed by atoms with E-state index in [0.29, 0.717) is 23.3 Å². The van der Waals surface area contributed by atoms with E-state index in [0.717, 1.165) is 18.2 Å². The van der Waals surface area contributed by atoms with Crippen molar-refractivity contribution in [2.45, 2.75) is 12.4 Å². The Bertz CT molecular complexity index is 1380. The van der Waals surface area contributed by atoms with Crippen LogP contribution in [0.4, 0.5) is 46.9 Å². The first-order chi connectivity index (χ1) is 16.9. The number of tetrazole rings is 1. The average Bonchev–Trinajstić information content (AvgIpc) is 3.34. The number of rotatable bonds is 4. The molecule has 0 aliphatic carbocycles. The number of amides is 2. The number of carbonyl (C=O) groups is 1. The number of hydrogen-bond donors (Lipinski definition) is 3. The van der Waals surface area contributed by atoms with Gasteiger partial charge in [-0.1, -0.05) is 18.2 Å². The molecule has 4 rings (SSSR count). The number of H-pyrrole nitrogens is 1. The van der Waals surface area contributed by atoms with E-state index in [2.05, 4.69) is 31.3 Å². The van der Waals surface area contributed by atoms with E-state index in [1.165, 1.54) is 30.3 Å². The molecule has 0 saturated carbocycles. The van der Waals surface area contributed by atoms with Crippen molar-refractivity contribution in [1.29, 1.82) is 0 Å². The van der Waals surface area contributed by atoms with Crippen molar-refractivity contribution < 1.29 is 35.5 Å². The summed E-state index contributed by atoms with van der Waals surface area (Å²) in [6.07, 6.45) is -9.46. The number of aromatic nitrogens is 4. The van der Waals surface area contributed by atoms with Crippen LogP contribution in [0, 0.1) is 5.82 Å². The van der Waals surface area contributed by atoms with Gasteiger partial charge in [0.05, 0.1) is 16.8 Å². The van der Waals surface area contributed by atoms with Crippen molar-refractivity contribution in [3.8, 4) is 22.5 Å². The van der Waals surface area contributed by atoms with Gasteiger partial charge < -0.3 is 10.6 Å². The van der Waals surface area contributed by atoms with E-state index in [4.69, 9.17) is 0 Å². The van der Waals surface area contributed by atoms with Gasteiger partial charge in [-0.2, -0.15) is 26.3 Å². The Morgan fingerprint density at radius 2 is 1.50 bits per heavy atom. The predicted octanol–water partition coefficient (Wildman–Crippen LogP) is 6.35. The zero-order chi connectivity index (χ0) is 26.1. The van der Waals surface area contributed by atoms with E-state index in [9.17, 15) is 35.5 Å². The van der Waals surface area contributed by atoms with Crippen molar-refractivity contribution in [3.63, 3.8) is 0 Å². The van der Waals surface area contributed by atoms with Crippen LogP contribution in [0.1, 0.15) is 11.1 Å². The summed E-state index contributed by atoms with van der Waals surface area (Å²) >= 11 is 0. The number of nitrogens with zero attached hydrogens (tertiary/aromatic N) is 3. The molecule has 0 fully saturated rings. The molecule has 0 bridgehead atoms. The second kappa shape index (κ2) is 9.28. The van der Waals surface area contributed by atoms with Crippen LogP contribution >= 0.6 is 0 Å². The minimum absolute atomic E-state index is 0.0974. The Balaban J connectivity index is 1.61. The molecule has 0 atom stereocenters. The van der Waals surface area contributed by atoms with Crippen molar-refractivity contribution in [1.82, 2.24) is 20.6 Å². The summed E-state index contributed by atoms with van der Waals surface area (Å²) < 4.78 is 90.9. The first kappa shape index (κ1) is 24.6. The second-order valence-corrected chi connectivity index (χ2v) is 7.36. The lowest BCUT2D eigenvalue weighted by Crippen LogP contribution is -2.20. The number of halogens is 7. The van der Waals surface area contributed by atoms with Crippen molar-refractivity contribution >= 4 is 17.4 Å². The molecule has 3 aromatic carbocycles. The van der Waals surface area contributed by atoms with Gasteiger partial charge in [0, 0.05) is 11.3 Å². The first-order valence-electron chi connectivity index (χ1n) is 9.92. The number of aromatic amines is 1. The SMILES string of the molecule is O=C(Nc1ccc(F)c(C(F)(F)F)c1)Nc1ccc(-c2ccc(C(F)(F)F)cc2)cc1-c1nnn[nH]1. The van der Waals surface area contributed by atoms with E-state index in [-0.39, 0.29) is 22.8 Å². The quantitative estimate of drug-likeness (QED) is 0.279. The number of carbonyl (C=O) groups excluding carboxylic acids is 1. The van der Waals surface area contributed by atoms with Gasteiger partial charge in [0.25, 0.3) is 0 Å². The first-order valence-corrected chi connectivity index (χ1v) is 9.92. The highest BCUT2D eigenvalue weighted by atomic mass is 19.4. The maximum absolute atomic E-state index is 13.5. The second-order valence-electron chi connectivity index (χ2n) is 7.36. The molecule has 2 amide bonds. The van der Waals surface area contributed by atoms with Crippen LogP contribution in [-0.2, 0) is 12.4 Å². The van der Waals surface area contributed by atoms with Crippen LogP contribution in [0.25, 0.3) is 22.5 Å². The van der Waals surface area contributed by atoms with Crippen LogP contribution < -0.4 is 10.6 Å². The van der Waals surface area contributed by atoms with Gasteiger partial charge in [-0.15, -0.1) is 5.10 Å². The zero-order valence-electron chi connectivity index (χ0n) is 17.7. The van der Waals surface area contributed by atoms with Gasteiger partial charge in [-0.05, 0) is 64.0 Å². The molecule has 3 N–H and O–H groups in total. The molecule has 36 heavy (non-hydrogen) atoms. The third-order valence-corrected chi connectivity index (χ3v) is 4.94. The van der Waals surface area contributed by atoms with Gasteiger partial charge in [0.1, 0.15) is 5.82 Å². The van der Waals surface area contributed by atoms with E-state index < -0.39 is 35.3 Å².